The Hall–Kier alpha value is -2.24. The van der Waals surface area contributed by atoms with E-state index in [1.54, 1.807) is 0 Å². The van der Waals surface area contributed by atoms with Crippen molar-refractivity contribution in [2.45, 2.75) is 66.3 Å². The average Bonchev–Trinajstić information content (AvgIpc) is 3.24. The van der Waals surface area contributed by atoms with Gasteiger partial charge >= 0.3 is 0 Å². The molecule has 26 heavy (non-hydrogen) atoms. The van der Waals surface area contributed by atoms with Gasteiger partial charge in [0.15, 0.2) is 5.76 Å². The minimum Gasteiger partial charge on any atom is -0.356 e. The van der Waals surface area contributed by atoms with Crippen LogP contribution in [-0.2, 0) is 4.79 Å². The molecule has 1 unspecified atom stereocenters. The van der Waals surface area contributed by atoms with Crippen molar-refractivity contribution in [2.24, 2.45) is 5.92 Å². The molecule has 3 heterocycles. The number of rotatable bonds is 5. The van der Waals surface area contributed by atoms with Gasteiger partial charge in [0.2, 0.25) is 5.91 Å². The Bertz CT molecular complexity index is 795. The molecular formula is C20H28N4O2. The van der Waals surface area contributed by atoms with E-state index in [1.807, 2.05) is 31.9 Å². The summed E-state index contributed by atoms with van der Waals surface area (Å²) in [5, 5.41) is 4.08. The molecule has 0 bridgehead atoms. The number of aromatic nitrogens is 3. The van der Waals surface area contributed by atoms with E-state index in [2.05, 4.69) is 24.0 Å². The summed E-state index contributed by atoms with van der Waals surface area (Å²) in [6.07, 6.45) is 5.46. The van der Waals surface area contributed by atoms with Crippen molar-refractivity contribution >= 4 is 5.91 Å². The van der Waals surface area contributed by atoms with Gasteiger partial charge in [0.25, 0.3) is 0 Å². The zero-order chi connectivity index (χ0) is 18.8. The number of carbonyl (C=O) groups is 1. The summed E-state index contributed by atoms with van der Waals surface area (Å²) in [5.41, 5.74) is 3.59. The Morgan fingerprint density at radius 1 is 1.31 bits per heavy atom. The van der Waals surface area contributed by atoms with Crippen LogP contribution in [0.2, 0.25) is 0 Å². The summed E-state index contributed by atoms with van der Waals surface area (Å²) in [7, 11) is 0. The van der Waals surface area contributed by atoms with Crippen LogP contribution in [-0.4, -0.2) is 32.5 Å². The molecule has 0 spiro atoms. The highest BCUT2D eigenvalue weighted by Gasteiger charge is 2.36. The second-order valence-corrected chi connectivity index (χ2v) is 7.14. The maximum absolute atomic E-state index is 13.0. The Morgan fingerprint density at radius 3 is 2.65 bits per heavy atom. The van der Waals surface area contributed by atoms with E-state index in [4.69, 9.17) is 9.51 Å². The monoisotopic (exact) mass is 356 g/mol. The van der Waals surface area contributed by atoms with Crippen LogP contribution in [0.5, 0.6) is 0 Å². The zero-order valence-corrected chi connectivity index (χ0v) is 16.4. The fourth-order valence-corrected chi connectivity index (χ4v) is 3.77. The van der Waals surface area contributed by atoms with Gasteiger partial charge in [-0.25, -0.2) is 9.97 Å². The quantitative estimate of drug-likeness (QED) is 0.804. The maximum atomic E-state index is 13.0. The SMILES string of the molecule is CCC(CC)C(=O)N1CCCC1c1nc(C)ncc1-c1onc(C)c1C. The summed E-state index contributed by atoms with van der Waals surface area (Å²) in [5.74, 6) is 1.74. The highest BCUT2D eigenvalue weighted by molar-refractivity contribution is 5.80. The smallest absolute Gasteiger partial charge is 0.226 e. The molecule has 3 rings (SSSR count). The Kier molecular flexibility index (Phi) is 5.39. The third kappa shape index (κ3) is 3.24. The minimum atomic E-state index is -0.0235. The van der Waals surface area contributed by atoms with Crippen molar-refractivity contribution in [1.29, 1.82) is 0 Å². The van der Waals surface area contributed by atoms with Gasteiger partial charge in [0.1, 0.15) is 5.82 Å². The van der Waals surface area contributed by atoms with Crippen LogP contribution in [0, 0.1) is 26.7 Å². The number of hydrogen-bond donors (Lipinski definition) is 0. The lowest BCUT2D eigenvalue weighted by atomic mass is 9.98. The largest absolute Gasteiger partial charge is 0.356 e. The lowest BCUT2D eigenvalue weighted by Gasteiger charge is -2.28. The van der Waals surface area contributed by atoms with Gasteiger partial charge in [-0.1, -0.05) is 19.0 Å². The first-order valence-corrected chi connectivity index (χ1v) is 9.55. The van der Waals surface area contributed by atoms with E-state index >= 15 is 0 Å². The predicted molar refractivity (Wildman–Crippen MR) is 99.5 cm³/mol. The molecule has 6 heteroatoms. The summed E-state index contributed by atoms with van der Waals surface area (Å²) < 4.78 is 5.57. The van der Waals surface area contributed by atoms with E-state index in [9.17, 15) is 4.79 Å². The first-order chi connectivity index (χ1) is 12.5. The molecule has 1 atom stereocenters. The summed E-state index contributed by atoms with van der Waals surface area (Å²) in [6.45, 7) is 10.8. The van der Waals surface area contributed by atoms with Gasteiger partial charge in [-0.15, -0.1) is 0 Å². The van der Waals surface area contributed by atoms with Crippen molar-refractivity contribution in [3.8, 4) is 11.3 Å². The molecule has 1 fully saturated rings. The van der Waals surface area contributed by atoms with E-state index in [0.717, 1.165) is 54.7 Å². The third-order valence-electron chi connectivity index (χ3n) is 5.53. The number of nitrogens with zero attached hydrogens (tertiary/aromatic N) is 4. The Balaban J connectivity index is 2.04. The Morgan fingerprint density at radius 2 is 2.04 bits per heavy atom. The van der Waals surface area contributed by atoms with Gasteiger partial charge in [0, 0.05) is 24.2 Å². The van der Waals surface area contributed by atoms with Gasteiger partial charge in [-0.05, 0) is 46.5 Å². The molecule has 0 aromatic carbocycles. The van der Waals surface area contributed by atoms with Crippen molar-refractivity contribution in [3.05, 3.63) is 29.0 Å². The molecule has 1 saturated heterocycles. The molecule has 2 aromatic heterocycles. The summed E-state index contributed by atoms with van der Waals surface area (Å²) in [6, 6.07) is -0.0235. The molecule has 1 aliphatic heterocycles. The Labute approximate surface area is 155 Å². The van der Waals surface area contributed by atoms with Gasteiger partial charge < -0.3 is 9.42 Å². The number of likely N-dealkylation sites (tertiary alicyclic amines) is 1. The standard InChI is InChI=1S/C20H28N4O2/c1-6-15(7-2)20(25)24-10-8-9-17(24)18-16(11-21-14(5)22-18)19-12(3)13(4)23-26-19/h11,15,17H,6-10H2,1-5H3. The fraction of sp³-hybridized carbons (Fsp3) is 0.600. The summed E-state index contributed by atoms with van der Waals surface area (Å²) in [4.78, 5) is 24.2. The predicted octanol–water partition coefficient (Wildman–Crippen LogP) is 4.16. The highest BCUT2D eigenvalue weighted by atomic mass is 16.5. The van der Waals surface area contributed by atoms with Crippen molar-refractivity contribution in [3.63, 3.8) is 0 Å². The molecule has 0 saturated carbocycles. The maximum Gasteiger partial charge on any atom is 0.226 e. The van der Waals surface area contributed by atoms with E-state index in [-0.39, 0.29) is 17.9 Å². The molecule has 1 amide bonds. The first-order valence-electron chi connectivity index (χ1n) is 9.55. The topological polar surface area (TPSA) is 72.1 Å². The normalized spacial score (nSPS) is 17.3. The summed E-state index contributed by atoms with van der Waals surface area (Å²) >= 11 is 0. The molecular weight excluding hydrogens is 328 g/mol. The zero-order valence-electron chi connectivity index (χ0n) is 16.4. The molecule has 0 N–H and O–H groups in total. The van der Waals surface area contributed by atoms with Crippen LogP contribution in [0.1, 0.15) is 68.3 Å². The molecule has 140 valence electrons. The average molecular weight is 356 g/mol. The van der Waals surface area contributed by atoms with E-state index in [1.165, 1.54) is 0 Å². The lowest BCUT2D eigenvalue weighted by molar-refractivity contribution is -0.136. The molecule has 6 nitrogen and oxygen atoms in total. The first kappa shape index (κ1) is 18.5. The van der Waals surface area contributed by atoms with E-state index < -0.39 is 0 Å². The number of hydrogen-bond acceptors (Lipinski definition) is 5. The lowest BCUT2D eigenvalue weighted by Crippen LogP contribution is -2.36. The highest BCUT2D eigenvalue weighted by Crippen LogP contribution is 2.38. The molecule has 0 aliphatic carbocycles. The van der Waals surface area contributed by atoms with Crippen LogP contribution in [0.15, 0.2) is 10.7 Å². The van der Waals surface area contributed by atoms with Gasteiger partial charge in [0.05, 0.1) is 23.0 Å². The van der Waals surface area contributed by atoms with Crippen molar-refractivity contribution in [1.82, 2.24) is 20.0 Å². The number of carbonyl (C=O) groups excluding carboxylic acids is 1. The molecule has 0 radical (unpaired) electrons. The van der Waals surface area contributed by atoms with Crippen LogP contribution in [0.3, 0.4) is 0 Å². The van der Waals surface area contributed by atoms with Crippen LogP contribution < -0.4 is 0 Å². The van der Waals surface area contributed by atoms with Crippen LogP contribution in [0.25, 0.3) is 11.3 Å². The third-order valence-corrected chi connectivity index (χ3v) is 5.53. The number of aryl methyl sites for hydroxylation is 2. The van der Waals surface area contributed by atoms with Gasteiger partial charge in [-0.2, -0.15) is 0 Å². The van der Waals surface area contributed by atoms with Crippen molar-refractivity contribution in [2.75, 3.05) is 6.54 Å². The van der Waals surface area contributed by atoms with Crippen LogP contribution in [0.4, 0.5) is 0 Å². The molecule has 2 aromatic rings. The molecule has 1 aliphatic rings. The second-order valence-electron chi connectivity index (χ2n) is 7.14. The van der Waals surface area contributed by atoms with Crippen molar-refractivity contribution < 1.29 is 9.32 Å². The van der Waals surface area contributed by atoms with E-state index in [0.29, 0.717) is 11.6 Å². The number of amides is 1. The second kappa shape index (κ2) is 7.56. The fourth-order valence-electron chi connectivity index (χ4n) is 3.77. The van der Waals surface area contributed by atoms with Crippen LogP contribution >= 0.6 is 0 Å². The van der Waals surface area contributed by atoms with Gasteiger partial charge in [-0.3, -0.25) is 4.79 Å². The minimum absolute atomic E-state index is 0.0235.